The van der Waals surface area contributed by atoms with E-state index in [4.69, 9.17) is 5.73 Å². The number of hydrogen-bond acceptors (Lipinski definition) is 3. The van der Waals surface area contributed by atoms with E-state index in [1.54, 1.807) is 11.3 Å². The van der Waals surface area contributed by atoms with Crippen molar-refractivity contribution in [3.05, 3.63) is 40.2 Å². The van der Waals surface area contributed by atoms with Gasteiger partial charge in [-0.05, 0) is 39.7 Å². The van der Waals surface area contributed by atoms with Crippen LogP contribution in [-0.4, -0.2) is 23.0 Å². The molecule has 1 aromatic heterocycles. The number of thiazole rings is 1. The van der Waals surface area contributed by atoms with Gasteiger partial charge >= 0.3 is 0 Å². The van der Waals surface area contributed by atoms with Gasteiger partial charge in [0.25, 0.3) is 0 Å². The van der Waals surface area contributed by atoms with Gasteiger partial charge in [0.05, 0.1) is 10.7 Å². The molecule has 2 aromatic rings. The Morgan fingerprint density at radius 2 is 1.91 bits per heavy atom. The minimum Gasteiger partial charge on any atom is -0.370 e. The van der Waals surface area contributed by atoms with E-state index >= 15 is 0 Å². The highest BCUT2D eigenvalue weighted by atomic mass is 127. The van der Waals surface area contributed by atoms with Crippen LogP contribution in [0.2, 0.25) is 0 Å². The molecule has 1 heterocycles. The van der Waals surface area contributed by atoms with Crippen molar-refractivity contribution in [1.29, 1.82) is 0 Å². The molecule has 0 aliphatic heterocycles. The van der Waals surface area contributed by atoms with Crippen molar-refractivity contribution in [3.8, 4) is 11.3 Å². The molecule has 0 saturated carbocycles. The average molecular weight is 444 g/mol. The average Bonchev–Trinajstić information content (AvgIpc) is 2.84. The van der Waals surface area contributed by atoms with Gasteiger partial charge in [-0.25, -0.2) is 4.98 Å². The van der Waals surface area contributed by atoms with Crippen LogP contribution in [-0.2, 0) is 6.42 Å². The van der Waals surface area contributed by atoms with E-state index in [0.29, 0.717) is 12.5 Å². The number of aromatic nitrogens is 1. The quantitative estimate of drug-likeness (QED) is 0.426. The van der Waals surface area contributed by atoms with E-state index in [0.717, 1.165) is 22.7 Å². The van der Waals surface area contributed by atoms with Crippen LogP contribution < -0.4 is 11.1 Å². The summed E-state index contributed by atoms with van der Waals surface area (Å²) >= 11 is 1.68. The SMILES string of the molecule is Cc1nc(-c2ccc(CCN=C(N)NC(C)(C)C)cc2)cs1.I. The minimum atomic E-state index is -0.0547. The minimum absolute atomic E-state index is 0. The third-order valence-electron chi connectivity index (χ3n) is 3.05. The molecule has 0 aliphatic rings. The fourth-order valence-electron chi connectivity index (χ4n) is 2.07. The molecule has 0 bridgehead atoms. The van der Waals surface area contributed by atoms with Gasteiger partial charge in [0.1, 0.15) is 0 Å². The van der Waals surface area contributed by atoms with Crippen molar-refractivity contribution >= 4 is 41.3 Å². The number of nitrogens with two attached hydrogens (primary N) is 1. The largest absolute Gasteiger partial charge is 0.370 e. The third-order valence-corrected chi connectivity index (χ3v) is 3.83. The first-order chi connectivity index (χ1) is 10.3. The first-order valence-electron chi connectivity index (χ1n) is 7.43. The number of hydrogen-bond donors (Lipinski definition) is 2. The highest BCUT2D eigenvalue weighted by Gasteiger charge is 2.09. The Balaban J connectivity index is 0.00000264. The zero-order chi connectivity index (χ0) is 16.2. The third kappa shape index (κ3) is 6.87. The molecule has 2 rings (SSSR count). The molecule has 0 amide bonds. The summed E-state index contributed by atoms with van der Waals surface area (Å²) in [6.07, 6.45) is 0.878. The van der Waals surface area contributed by atoms with E-state index in [2.05, 4.69) is 65.7 Å². The predicted molar refractivity (Wildman–Crippen MR) is 111 cm³/mol. The van der Waals surface area contributed by atoms with Crippen molar-refractivity contribution < 1.29 is 0 Å². The molecule has 126 valence electrons. The summed E-state index contributed by atoms with van der Waals surface area (Å²) in [7, 11) is 0. The van der Waals surface area contributed by atoms with Gasteiger partial charge in [-0.2, -0.15) is 0 Å². The summed E-state index contributed by atoms with van der Waals surface area (Å²) in [6, 6.07) is 8.49. The number of nitrogens with one attached hydrogen (secondary N) is 1. The highest BCUT2D eigenvalue weighted by Crippen LogP contribution is 2.21. The Bertz CT molecular complexity index is 641. The molecule has 3 N–H and O–H groups in total. The number of nitrogens with zero attached hydrogens (tertiary/aromatic N) is 2. The van der Waals surface area contributed by atoms with Crippen LogP contribution >= 0.6 is 35.3 Å². The zero-order valence-corrected chi connectivity index (χ0v) is 17.2. The monoisotopic (exact) mass is 444 g/mol. The molecule has 0 radical (unpaired) electrons. The smallest absolute Gasteiger partial charge is 0.188 e. The van der Waals surface area contributed by atoms with E-state index in [9.17, 15) is 0 Å². The number of rotatable bonds is 4. The van der Waals surface area contributed by atoms with Crippen molar-refractivity contribution in [1.82, 2.24) is 10.3 Å². The van der Waals surface area contributed by atoms with Crippen molar-refractivity contribution in [2.45, 2.75) is 39.7 Å². The summed E-state index contributed by atoms with van der Waals surface area (Å²) in [4.78, 5) is 8.86. The maximum absolute atomic E-state index is 5.86. The van der Waals surface area contributed by atoms with Crippen LogP contribution in [0.15, 0.2) is 34.6 Å². The molecule has 0 spiro atoms. The van der Waals surface area contributed by atoms with E-state index < -0.39 is 0 Å². The molecule has 0 saturated heterocycles. The molecule has 0 atom stereocenters. The predicted octanol–water partition coefficient (Wildman–Crippen LogP) is 3.98. The fourth-order valence-corrected chi connectivity index (χ4v) is 2.69. The molecular formula is C17H25IN4S. The normalized spacial score (nSPS) is 11.9. The summed E-state index contributed by atoms with van der Waals surface area (Å²) in [6.45, 7) is 8.90. The number of halogens is 1. The maximum Gasteiger partial charge on any atom is 0.188 e. The highest BCUT2D eigenvalue weighted by molar-refractivity contribution is 14.0. The van der Waals surface area contributed by atoms with Crippen LogP contribution in [0.1, 0.15) is 31.3 Å². The van der Waals surface area contributed by atoms with Gasteiger partial charge in [0.15, 0.2) is 5.96 Å². The lowest BCUT2D eigenvalue weighted by atomic mass is 10.1. The van der Waals surface area contributed by atoms with Crippen LogP contribution in [0, 0.1) is 6.92 Å². The second-order valence-corrected chi connectivity index (χ2v) is 7.40. The van der Waals surface area contributed by atoms with Crippen molar-refractivity contribution in [3.63, 3.8) is 0 Å². The van der Waals surface area contributed by atoms with Gasteiger partial charge in [-0.3, -0.25) is 4.99 Å². The fraction of sp³-hybridized carbons (Fsp3) is 0.412. The molecule has 23 heavy (non-hydrogen) atoms. The Hall–Kier alpha value is -1.15. The number of guanidine groups is 1. The van der Waals surface area contributed by atoms with Crippen LogP contribution in [0.3, 0.4) is 0 Å². The first kappa shape index (κ1) is 19.9. The van der Waals surface area contributed by atoms with Crippen LogP contribution in [0.4, 0.5) is 0 Å². The number of aryl methyl sites for hydroxylation is 1. The molecular weight excluding hydrogens is 419 g/mol. The zero-order valence-electron chi connectivity index (χ0n) is 14.1. The molecule has 6 heteroatoms. The van der Waals surface area contributed by atoms with E-state index in [1.165, 1.54) is 5.56 Å². The number of benzene rings is 1. The Labute approximate surface area is 159 Å². The van der Waals surface area contributed by atoms with E-state index in [-0.39, 0.29) is 29.5 Å². The van der Waals surface area contributed by atoms with Gasteiger partial charge in [0.2, 0.25) is 0 Å². The van der Waals surface area contributed by atoms with Gasteiger partial charge in [-0.15, -0.1) is 35.3 Å². The Morgan fingerprint density at radius 1 is 1.26 bits per heavy atom. The Kier molecular flexibility index (Phi) is 7.47. The van der Waals surface area contributed by atoms with Gasteiger partial charge in [-0.1, -0.05) is 24.3 Å². The summed E-state index contributed by atoms with van der Waals surface area (Å²) in [5, 5.41) is 6.34. The molecule has 1 aromatic carbocycles. The van der Waals surface area contributed by atoms with Crippen molar-refractivity contribution in [2.75, 3.05) is 6.54 Å². The standard InChI is InChI=1S/C17H24N4S.HI/c1-12-20-15(11-22-12)14-7-5-13(6-8-14)9-10-19-16(18)21-17(2,3)4;/h5-8,11H,9-10H2,1-4H3,(H3,18,19,21);1H. The van der Waals surface area contributed by atoms with Gasteiger partial charge < -0.3 is 11.1 Å². The first-order valence-corrected chi connectivity index (χ1v) is 8.31. The van der Waals surface area contributed by atoms with Gasteiger partial charge in [0, 0.05) is 23.0 Å². The molecule has 4 nitrogen and oxygen atoms in total. The Morgan fingerprint density at radius 3 is 2.43 bits per heavy atom. The summed E-state index contributed by atoms with van der Waals surface area (Å²) in [5.74, 6) is 0.502. The van der Waals surface area contributed by atoms with Crippen LogP contribution in [0.25, 0.3) is 11.3 Å². The second kappa shape index (κ2) is 8.63. The molecule has 0 fully saturated rings. The van der Waals surface area contributed by atoms with E-state index in [1.807, 2.05) is 6.92 Å². The lowest BCUT2D eigenvalue weighted by Gasteiger charge is -2.20. The summed E-state index contributed by atoms with van der Waals surface area (Å²) in [5.41, 5.74) is 9.26. The maximum atomic E-state index is 5.86. The number of aliphatic imine (C=N–C) groups is 1. The molecule has 0 unspecified atom stereocenters. The van der Waals surface area contributed by atoms with Crippen molar-refractivity contribution in [2.24, 2.45) is 10.7 Å². The molecule has 0 aliphatic carbocycles. The second-order valence-electron chi connectivity index (χ2n) is 6.34. The van der Waals surface area contributed by atoms with Crippen LogP contribution in [0.5, 0.6) is 0 Å². The lowest BCUT2D eigenvalue weighted by Crippen LogP contribution is -2.45. The topological polar surface area (TPSA) is 63.3 Å². The lowest BCUT2D eigenvalue weighted by molar-refractivity contribution is 0.508. The summed E-state index contributed by atoms with van der Waals surface area (Å²) < 4.78 is 0.